The van der Waals surface area contributed by atoms with Gasteiger partial charge in [-0.25, -0.2) is 0 Å². The van der Waals surface area contributed by atoms with Gasteiger partial charge in [0, 0.05) is 5.41 Å². The molecule has 0 spiro atoms. The molecule has 0 heterocycles. The van der Waals surface area contributed by atoms with Gasteiger partial charge in [0.1, 0.15) is 6.29 Å². The average molecular weight is 171 g/mol. The molecule has 2 heteroatoms. The van der Waals surface area contributed by atoms with Gasteiger partial charge in [0.15, 0.2) is 0 Å². The van der Waals surface area contributed by atoms with E-state index in [0.29, 0.717) is 0 Å². The third-order valence-electron chi connectivity index (χ3n) is 1.91. The Labute approximate surface area is 75.7 Å². The Hall–Kier alpha value is -0.370. The highest BCUT2D eigenvalue weighted by Gasteiger charge is 2.27. The fraction of sp³-hybridized carbons (Fsp3) is 0.900. The summed E-state index contributed by atoms with van der Waals surface area (Å²) in [6.07, 6.45) is 1.97. The van der Waals surface area contributed by atoms with Gasteiger partial charge < -0.3 is 10.1 Å². The normalized spacial score (nSPS) is 13.1. The molecule has 0 aromatic heterocycles. The van der Waals surface area contributed by atoms with E-state index in [1.807, 2.05) is 20.9 Å². The first kappa shape index (κ1) is 11.6. The van der Waals surface area contributed by atoms with Crippen molar-refractivity contribution in [2.24, 2.45) is 10.8 Å². The maximum atomic E-state index is 10.7. The summed E-state index contributed by atoms with van der Waals surface area (Å²) in [5.41, 5.74) is -0.000486. The second-order valence-electron chi connectivity index (χ2n) is 4.98. The summed E-state index contributed by atoms with van der Waals surface area (Å²) < 4.78 is 0. The van der Waals surface area contributed by atoms with Crippen LogP contribution in [0.1, 0.15) is 34.1 Å². The number of rotatable bonds is 5. The zero-order valence-electron chi connectivity index (χ0n) is 8.90. The van der Waals surface area contributed by atoms with Crippen LogP contribution in [0.3, 0.4) is 0 Å². The number of carbonyl (C=O) groups is 1. The Morgan fingerprint density at radius 2 is 1.75 bits per heavy atom. The van der Waals surface area contributed by atoms with E-state index >= 15 is 0 Å². The molecule has 0 radical (unpaired) electrons. The largest absolute Gasteiger partial charge is 0.319 e. The predicted molar refractivity (Wildman–Crippen MR) is 52.2 cm³/mol. The Morgan fingerprint density at radius 1 is 1.25 bits per heavy atom. The molecule has 1 N–H and O–H groups in total. The van der Waals surface area contributed by atoms with Crippen molar-refractivity contribution < 1.29 is 4.79 Å². The van der Waals surface area contributed by atoms with Crippen molar-refractivity contribution in [2.75, 3.05) is 13.6 Å². The van der Waals surface area contributed by atoms with Crippen LogP contribution >= 0.6 is 0 Å². The molecule has 0 atom stereocenters. The van der Waals surface area contributed by atoms with Crippen LogP contribution in [0.25, 0.3) is 0 Å². The van der Waals surface area contributed by atoms with E-state index in [1.165, 1.54) is 0 Å². The summed E-state index contributed by atoms with van der Waals surface area (Å²) in [5.74, 6) is 0. The average Bonchev–Trinajstić information content (AvgIpc) is 1.85. The van der Waals surface area contributed by atoms with Crippen LogP contribution in [-0.2, 0) is 4.79 Å². The summed E-state index contributed by atoms with van der Waals surface area (Å²) in [6, 6.07) is 0. The summed E-state index contributed by atoms with van der Waals surface area (Å²) >= 11 is 0. The van der Waals surface area contributed by atoms with Crippen LogP contribution in [0.2, 0.25) is 0 Å². The molecular weight excluding hydrogens is 150 g/mol. The van der Waals surface area contributed by atoms with Crippen LogP contribution in [0, 0.1) is 10.8 Å². The van der Waals surface area contributed by atoms with Crippen LogP contribution in [0.15, 0.2) is 0 Å². The van der Waals surface area contributed by atoms with Crippen LogP contribution < -0.4 is 5.32 Å². The monoisotopic (exact) mass is 171 g/mol. The van der Waals surface area contributed by atoms with Gasteiger partial charge in [-0.05, 0) is 25.4 Å². The molecule has 0 aromatic carbocycles. The highest BCUT2D eigenvalue weighted by molar-refractivity contribution is 5.57. The number of hydrogen-bond acceptors (Lipinski definition) is 2. The van der Waals surface area contributed by atoms with Crippen molar-refractivity contribution in [1.82, 2.24) is 5.32 Å². The third kappa shape index (κ3) is 4.50. The van der Waals surface area contributed by atoms with Gasteiger partial charge in [0.05, 0.1) is 0 Å². The lowest BCUT2D eigenvalue weighted by molar-refractivity contribution is -0.116. The minimum absolute atomic E-state index is 0.194. The van der Waals surface area contributed by atoms with Gasteiger partial charge in [0.2, 0.25) is 0 Å². The van der Waals surface area contributed by atoms with Gasteiger partial charge in [-0.2, -0.15) is 0 Å². The van der Waals surface area contributed by atoms with E-state index < -0.39 is 0 Å². The smallest absolute Gasteiger partial charge is 0.125 e. The molecule has 0 aliphatic carbocycles. The zero-order chi connectivity index (χ0) is 9.83. The lowest BCUT2D eigenvalue weighted by Gasteiger charge is -2.31. The molecule has 0 rings (SSSR count). The minimum Gasteiger partial charge on any atom is -0.319 e. The van der Waals surface area contributed by atoms with E-state index in [4.69, 9.17) is 0 Å². The molecule has 0 saturated carbocycles. The molecule has 0 aliphatic rings. The van der Waals surface area contributed by atoms with Crippen LogP contribution in [-0.4, -0.2) is 19.9 Å². The predicted octanol–water partition coefficient (Wildman–Crippen LogP) is 1.85. The molecule has 0 bridgehead atoms. The molecule has 0 aromatic rings. The second kappa shape index (κ2) is 4.04. The topological polar surface area (TPSA) is 29.1 Å². The van der Waals surface area contributed by atoms with Crippen molar-refractivity contribution in [2.45, 2.75) is 34.1 Å². The van der Waals surface area contributed by atoms with Gasteiger partial charge in [-0.15, -0.1) is 0 Å². The van der Waals surface area contributed by atoms with Crippen molar-refractivity contribution in [3.05, 3.63) is 0 Å². The molecule has 0 aliphatic heterocycles. The molecule has 0 saturated heterocycles. The Balaban J connectivity index is 4.12. The first-order valence-corrected chi connectivity index (χ1v) is 4.44. The number of nitrogens with one attached hydrogen (secondary N) is 1. The van der Waals surface area contributed by atoms with E-state index in [9.17, 15) is 4.79 Å². The molecule has 72 valence electrons. The van der Waals surface area contributed by atoms with Crippen molar-refractivity contribution in [1.29, 1.82) is 0 Å². The maximum Gasteiger partial charge on any atom is 0.125 e. The van der Waals surface area contributed by atoms with Gasteiger partial charge in [-0.1, -0.05) is 27.7 Å². The van der Waals surface area contributed by atoms with Crippen LogP contribution in [0.4, 0.5) is 0 Å². The first-order chi connectivity index (χ1) is 5.33. The Morgan fingerprint density at radius 3 is 2.08 bits per heavy atom. The fourth-order valence-corrected chi connectivity index (χ4v) is 1.82. The molecule has 12 heavy (non-hydrogen) atoms. The highest BCUT2D eigenvalue weighted by Crippen LogP contribution is 2.31. The number of carbonyl (C=O) groups excluding carboxylic acids is 1. The minimum atomic E-state index is -0.194. The molecule has 0 unspecified atom stereocenters. The Bertz CT molecular complexity index is 150. The lowest BCUT2D eigenvalue weighted by atomic mass is 9.76. The summed E-state index contributed by atoms with van der Waals surface area (Å²) in [6.45, 7) is 9.27. The zero-order valence-corrected chi connectivity index (χ0v) is 8.90. The molecule has 0 amide bonds. The Kier molecular flexibility index (Phi) is 3.91. The van der Waals surface area contributed by atoms with Crippen molar-refractivity contribution in [3.63, 3.8) is 0 Å². The first-order valence-electron chi connectivity index (χ1n) is 4.44. The van der Waals surface area contributed by atoms with Gasteiger partial charge >= 0.3 is 0 Å². The van der Waals surface area contributed by atoms with Crippen LogP contribution in [0.5, 0.6) is 0 Å². The standard InChI is InChI=1S/C10H21NO/c1-9(2,7-11-5)6-10(3,4)8-12/h8,11H,6-7H2,1-5H3. The molecular formula is C10H21NO. The van der Waals surface area contributed by atoms with E-state index in [0.717, 1.165) is 19.3 Å². The quantitative estimate of drug-likeness (QED) is 0.640. The second-order valence-corrected chi connectivity index (χ2v) is 4.98. The summed E-state index contributed by atoms with van der Waals surface area (Å²) in [7, 11) is 1.94. The summed E-state index contributed by atoms with van der Waals surface area (Å²) in [5, 5.41) is 3.14. The van der Waals surface area contributed by atoms with Crippen molar-refractivity contribution in [3.8, 4) is 0 Å². The highest BCUT2D eigenvalue weighted by atomic mass is 16.1. The van der Waals surface area contributed by atoms with Gasteiger partial charge in [-0.3, -0.25) is 0 Å². The van der Waals surface area contributed by atoms with E-state index in [2.05, 4.69) is 19.2 Å². The SMILES string of the molecule is CNCC(C)(C)CC(C)(C)C=O. The van der Waals surface area contributed by atoms with Crippen molar-refractivity contribution >= 4 is 6.29 Å². The fourth-order valence-electron chi connectivity index (χ4n) is 1.82. The molecule has 0 fully saturated rings. The third-order valence-corrected chi connectivity index (χ3v) is 1.91. The number of hydrogen-bond donors (Lipinski definition) is 1. The molecule has 2 nitrogen and oxygen atoms in total. The van der Waals surface area contributed by atoms with Gasteiger partial charge in [0.25, 0.3) is 0 Å². The number of aldehydes is 1. The maximum absolute atomic E-state index is 10.7. The van der Waals surface area contributed by atoms with E-state index in [-0.39, 0.29) is 10.8 Å². The summed E-state index contributed by atoms with van der Waals surface area (Å²) in [4.78, 5) is 10.7. The lowest BCUT2D eigenvalue weighted by Crippen LogP contribution is -2.32. The van der Waals surface area contributed by atoms with E-state index in [1.54, 1.807) is 0 Å².